The minimum absolute atomic E-state index is 0.517. The Balaban J connectivity index is 2.39. The lowest BCUT2D eigenvalue weighted by molar-refractivity contribution is 0.112. The van der Waals surface area contributed by atoms with E-state index in [1.54, 1.807) is 18.2 Å². The SMILES string of the molecule is Cc1ccc(Oc2cc(C)ccc2Cl)c(C=O)c1. The van der Waals surface area contributed by atoms with Crippen molar-refractivity contribution in [1.29, 1.82) is 0 Å². The topological polar surface area (TPSA) is 26.3 Å². The van der Waals surface area contributed by atoms with Gasteiger partial charge in [-0.05, 0) is 43.7 Å². The van der Waals surface area contributed by atoms with E-state index < -0.39 is 0 Å². The molecule has 2 aromatic carbocycles. The molecule has 92 valence electrons. The highest BCUT2D eigenvalue weighted by Crippen LogP contribution is 2.31. The number of hydrogen-bond donors (Lipinski definition) is 0. The fraction of sp³-hybridized carbons (Fsp3) is 0.133. The van der Waals surface area contributed by atoms with Gasteiger partial charge in [0.05, 0.1) is 10.6 Å². The highest BCUT2D eigenvalue weighted by molar-refractivity contribution is 6.32. The van der Waals surface area contributed by atoms with Gasteiger partial charge in [0.25, 0.3) is 0 Å². The number of carbonyl (C=O) groups is 1. The van der Waals surface area contributed by atoms with Crippen molar-refractivity contribution in [1.82, 2.24) is 0 Å². The van der Waals surface area contributed by atoms with Crippen LogP contribution >= 0.6 is 11.6 Å². The molecule has 0 spiro atoms. The molecule has 0 aliphatic rings. The lowest BCUT2D eigenvalue weighted by atomic mass is 10.1. The average Bonchev–Trinajstić information content (AvgIpc) is 2.36. The smallest absolute Gasteiger partial charge is 0.153 e. The molecule has 0 heterocycles. The first-order valence-corrected chi connectivity index (χ1v) is 5.98. The minimum Gasteiger partial charge on any atom is -0.455 e. The van der Waals surface area contributed by atoms with Gasteiger partial charge in [0.15, 0.2) is 6.29 Å². The van der Waals surface area contributed by atoms with Crippen LogP contribution in [0.3, 0.4) is 0 Å². The lowest BCUT2D eigenvalue weighted by Crippen LogP contribution is -1.92. The van der Waals surface area contributed by atoms with Gasteiger partial charge >= 0.3 is 0 Å². The number of rotatable bonds is 3. The molecule has 2 nitrogen and oxygen atoms in total. The van der Waals surface area contributed by atoms with E-state index in [0.29, 0.717) is 22.1 Å². The van der Waals surface area contributed by atoms with E-state index in [0.717, 1.165) is 17.4 Å². The number of aryl methyl sites for hydroxylation is 2. The van der Waals surface area contributed by atoms with E-state index in [2.05, 4.69) is 0 Å². The number of carbonyl (C=O) groups excluding carboxylic acids is 1. The molecule has 3 heteroatoms. The molecule has 0 radical (unpaired) electrons. The second kappa shape index (κ2) is 5.23. The van der Waals surface area contributed by atoms with Gasteiger partial charge in [-0.15, -0.1) is 0 Å². The van der Waals surface area contributed by atoms with Gasteiger partial charge in [0.1, 0.15) is 11.5 Å². The predicted octanol–water partition coefficient (Wildman–Crippen LogP) is 4.56. The summed E-state index contributed by atoms with van der Waals surface area (Å²) in [4.78, 5) is 11.0. The molecular formula is C15H13ClO2. The molecule has 0 bridgehead atoms. The van der Waals surface area contributed by atoms with Crippen molar-refractivity contribution < 1.29 is 9.53 Å². The zero-order valence-corrected chi connectivity index (χ0v) is 11.0. The Bertz CT molecular complexity index is 591. The Labute approximate surface area is 111 Å². The normalized spacial score (nSPS) is 10.2. The van der Waals surface area contributed by atoms with Crippen molar-refractivity contribution in [3.8, 4) is 11.5 Å². The van der Waals surface area contributed by atoms with Crippen molar-refractivity contribution in [2.45, 2.75) is 13.8 Å². The maximum Gasteiger partial charge on any atom is 0.153 e. The Morgan fingerprint density at radius 2 is 1.67 bits per heavy atom. The van der Waals surface area contributed by atoms with Crippen molar-refractivity contribution >= 4 is 17.9 Å². The molecule has 0 unspecified atom stereocenters. The Hall–Kier alpha value is -1.80. The van der Waals surface area contributed by atoms with Crippen LogP contribution in [-0.2, 0) is 0 Å². The van der Waals surface area contributed by atoms with E-state index in [4.69, 9.17) is 16.3 Å². The molecule has 2 rings (SSSR count). The second-order valence-electron chi connectivity index (χ2n) is 4.20. The third-order valence-corrected chi connectivity index (χ3v) is 2.91. The van der Waals surface area contributed by atoms with Crippen LogP contribution in [0.15, 0.2) is 36.4 Å². The fourth-order valence-corrected chi connectivity index (χ4v) is 1.82. The standard InChI is InChI=1S/C15H13ClO2/c1-10-4-6-14(12(7-10)9-17)18-15-8-11(2)3-5-13(15)16/h3-9H,1-2H3. The van der Waals surface area contributed by atoms with Gasteiger partial charge in [-0.25, -0.2) is 0 Å². The largest absolute Gasteiger partial charge is 0.455 e. The van der Waals surface area contributed by atoms with E-state index in [9.17, 15) is 4.79 Å². The number of benzene rings is 2. The second-order valence-corrected chi connectivity index (χ2v) is 4.60. The summed E-state index contributed by atoms with van der Waals surface area (Å²) in [5, 5.41) is 0.526. The van der Waals surface area contributed by atoms with Crippen molar-refractivity contribution in [3.05, 3.63) is 58.1 Å². The number of hydrogen-bond acceptors (Lipinski definition) is 2. The quantitative estimate of drug-likeness (QED) is 0.756. The summed E-state index contributed by atoms with van der Waals surface area (Å²) < 4.78 is 5.70. The predicted molar refractivity (Wildman–Crippen MR) is 72.8 cm³/mol. The van der Waals surface area contributed by atoms with Crippen LogP contribution in [-0.4, -0.2) is 6.29 Å². The number of aldehydes is 1. The van der Waals surface area contributed by atoms with E-state index in [-0.39, 0.29) is 0 Å². The fourth-order valence-electron chi connectivity index (χ4n) is 1.66. The Kier molecular flexibility index (Phi) is 3.68. The molecule has 18 heavy (non-hydrogen) atoms. The minimum atomic E-state index is 0.517. The first-order valence-electron chi connectivity index (χ1n) is 5.60. The first kappa shape index (κ1) is 12.7. The maximum atomic E-state index is 11.0. The van der Waals surface area contributed by atoms with Gasteiger partial charge in [-0.3, -0.25) is 4.79 Å². The van der Waals surface area contributed by atoms with Crippen LogP contribution in [0.2, 0.25) is 5.02 Å². The monoisotopic (exact) mass is 260 g/mol. The molecule has 0 aliphatic carbocycles. The third-order valence-electron chi connectivity index (χ3n) is 2.60. The van der Waals surface area contributed by atoms with Gasteiger partial charge in [0.2, 0.25) is 0 Å². The van der Waals surface area contributed by atoms with Crippen LogP contribution in [0.25, 0.3) is 0 Å². The van der Waals surface area contributed by atoms with Gasteiger partial charge < -0.3 is 4.74 Å². The zero-order valence-electron chi connectivity index (χ0n) is 10.2. The lowest BCUT2D eigenvalue weighted by Gasteiger charge is -2.10. The van der Waals surface area contributed by atoms with E-state index in [1.807, 2.05) is 32.0 Å². The van der Waals surface area contributed by atoms with Gasteiger partial charge in [-0.1, -0.05) is 29.3 Å². The zero-order chi connectivity index (χ0) is 13.1. The summed E-state index contributed by atoms with van der Waals surface area (Å²) in [6, 6.07) is 11.0. The van der Waals surface area contributed by atoms with Gasteiger partial charge in [0, 0.05) is 0 Å². The molecule has 0 atom stereocenters. The van der Waals surface area contributed by atoms with Gasteiger partial charge in [-0.2, -0.15) is 0 Å². The van der Waals surface area contributed by atoms with Crippen LogP contribution in [0.1, 0.15) is 21.5 Å². The summed E-state index contributed by atoms with van der Waals surface area (Å²) in [7, 11) is 0. The molecule has 0 amide bonds. The molecule has 0 saturated heterocycles. The van der Waals surface area contributed by atoms with Crippen LogP contribution in [0, 0.1) is 13.8 Å². The molecular weight excluding hydrogens is 248 g/mol. The number of ether oxygens (including phenoxy) is 1. The summed E-state index contributed by atoms with van der Waals surface area (Å²) >= 11 is 6.06. The molecule has 0 aliphatic heterocycles. The number of halogens is 1. The highest BCUT2D eigenvalue weighted by atomic mass is 35.5. The maximum absolute atomic E-state index is 11.0. The van der Waals surface area contributed by atoms with Crippen LogP contribution in [0.4, 0.5) is 0 Å². The molecule has 0 fully saturated rings. The first-order chi connectivity index (χ1) is 8.60. The molecule has 0 N–H and O–H groups in total. The summed E-state index contributed by atoms with van der Waals surface area (Å²) in [5.74, 6) is 1.08. The Morgan fingerprint density at radius 3 is 2.39 bits per heavy atom. The van der Waals surface area contributed by atoms with E-state index >= 15 is 0 Å². The summed E-state index contributed by atoms with van der Waals surface area (Å²) in [6.07, 6.45) is 0.784. The highest BCUT2D eigenvalue weighted by Gasteiger charge is 2.07. The van der Waals surface area contributed by atoms with Crippen LogP contribution < -0.4 is 4.74 Å². The summed E-state index contributed by atoms with van der Waals surface area (Å²) in [5.41, 5.74) is 2.58. The average molecular weight is 261 g/mol. The molecule has 0 saturated carbocycles. The van der Waals surface area contributed by atoms with E-state index in [1.165, 1.54) is 0 Å². The van der Waals surface area contributed by atoms with Crippen molar-refractivity contribution in [2.24, 2.45) is 0 Å². The Morgan fingerprint density at radius 1 is 1.00 bits per heavy atom. The third kappa shape index (κ3) is 2.71. The van der Waals surface area contributed by atoms with Crippen LogP contribution in [0.5, 0.6) is 11.5 Å². The summed E-state index contributed by atoms with van der Waals surface area (Å²) in [6.45, 7) is 3.88. The van der Waals surface area contributed by atoms with Crippen molar-refractivity contribution in [2.75, 3.05) is 0 Å². The van der Waals surface area contributed by atoms with Crippen molar-refractivity contribution in [3.63, 3.8) is 0 Å². The molecule has 0 aromatic heterocycles. The molecule has 2 aromatic rings.